The average Bonchev–Trinajstić information content (AvgIpc) is 3.27. The minimum Gasteiger partial charge on any atom is -0.326 e. The number of rotatable bonds is 5. The Balaban J connectivity index is 0.000000604. The molecular weight excluding hydrogens is 532 g/mol. The van der Waals surface area contributed by atoms with Crippen LogP contribution in [0.5, 0.6) is 0 Å². The summed E-state index contributed by atoms with van der Waals surface area (Å²) in [6.45, 7) is 0.362. The van der Waals surface area contributed by atoms with Crippen molar-refractivity contribution in [3.05, 3.63) is 69.6 Å². The predicted molar refractivity (Wildman–Crippen MR) is 114 cm³/mol. The number of nitrogens with zero attached hydrogens (tertiary/aromatic N) is 3. The summed E-state index contributed by atoms with van der Waals surface area (Å²) in [6.07, 6.45) is -5.70. The monoisotopic (exact) mass is 546 g/mol. The molecule has 15 heteroatoms. The number of aromatic nitrogens is 2. The maximum atomic E-state index is 13.4. The molecule has 0 saturated carbocycles. The van der Waals surface area contributed by atoms with E-state index in [2.05, 4.69) is 41.2 Å². The number of anilines is 1. The molecule has 0 spiro atoms. The molecule has 3 rings (SSSR count). The van der Waals surface area contributed by atoms with E-state index in [1.54, 1.807) is 24.3 Å². The van der Waals surface area contributed by atoms with E-state index in [1.165, 1.54) is 18.2 Å². The largest absolute Gasteiger partial charge is 0.446 e. The lowest BCUT2D eigenvalue weighted by atomic mass is 10.1. The summed E-state index contributed by atoms with van der Waals surface area (Å²) in [7, 11) is 0. The second-order valence-corrected chi connectivity index (χ2v) is 7.00. The smallest absolute Gasteiger partial charge is 0.326 e. The molecule has 1 aromatic heterocycles. The lowest BCUT2D eigenvalue weighted by Crippen LogP contribution is -2.23. The van der Waals surface area contributed by atoms with Crippen molar-refractivity contribution in [2.24, 2.45) is 10.7 Å². The molecule has 34 heavy (non-hydrogen) atoms. The number of halogens is 5. The fraction of sp³-hybridized carbons (Fsp3) is 0.105. The van der Waals surface area contributed by atoms with E-state index in [9.17, 15) is 27.6 Å². The zero-order valence-corrected chi connectivity index (χ0v) is 18.4. The van der Waals surface area contributed by atoms with Gasteiger partial charge in [0.2, 0.25) is 12.1 Å². The van der Waals surface area contributed by atoms with Crippen molar-refractivity contribution in [3.63, 3.8) is 0 Å². The van der Waals surface area contributed by atoms with Crippen molar-refractivity contribution in [2.45, 2.75) is 12.7 Å². The van der Waals surface area contributed by atoms with Crippen LogP contribution in [0.25, 0.3) is 0 Å². The summed E-state index contributed by atoms with van der Waals surface area (Å²) in [5.74, 6) is -1.15. The van der Waals surface area contributed by atoms with Gasteiger partial charge in [-0.3, -0.25) is 20.3 Å². The number of carbonyl (C=O) groups is 2. The molecule has 3 aromatic rings. The molecular formula is C19H15BrF4N6O4. The molecule has 10 nitrogen and oxygen atoms in total. The summed E-state index contributed by atoms with van der Waals surface area (Å²) in [5, 5.41) is 19.2. The Labute approximate surface area is 196 Å². The summed E-state index contributed by atoms with van der Waals surface area (Å²) >= 11 is 3.05. The van der Waals surface area contributed by atoms with E-state index in [-0.39, 0.29) is 21.8 Å². The van der Waals surface area contributed by atoms with Gasteiger partial charge in [-0.2, -0.15) is 13.2 Å². The molecule has 180 valence electrons. The number of hydrogen-bond acceptors (Lipinski definition) is 8. The number of hydrogen-bond donors (Lipinski definition) is 4. The molecule has 0 aliphatic rings. The van der Waals surface area contributed by atoms with Gasteiger partial charge in [0.1, 0.15) is 5.82 Å². The molecule has 0 unspecified atom stereocenters. The van der Waals surface area contributed by atoms with Crippen molar-refractivity contribution in [2.75, 3.05) is 5.32 Å². The number of aliphatic imine (C=N–C) groups is 1. The Morgan fingerprint density at radius 2 is 1.85 bits per heavy atom. The second-order valence-electron chi connectivity index (χ2n) is 6.15. The normalized spacial score (nSPS) is 11.3. The van der Waals surface area contributed by atoms with Gasteiger partial charge in [-0.15, -0.1) is 0 Å². The Hall–Kier alpha value is -3.69. The van der Waals surface area contributed by atoms with Crippen molar-refractivity contribution >= 4 is 45.5 Å². The first-order valence-corrected chi connectivity index (χ1v) is 9.77. The third-order valence-corrected chi connectivity index (χ3v) is 4.39. The van der Waals surface area contributed by atoms with Crippen LogP contribution < -0.4 is 16.5 Å². The zero-order chi connectivity index (χ0) is 25.3. The summed E-state index contributed by atoms with van der Waals surface area (Å²) in [6, 6.07) is 10.7. The van der Waals surface area contributed by atoms with Gasteiger partial charge in [-0.25, -0.2) is 14.0 Å². The van der Waals surface area contributed by atoms with E-state index in [4.69, 9.17) is 10.5 Å². The Morgan fingerprint density at radius 3 is 2.38 bits per heavy atom. The van der Waals surface area contributed by atoms with Gasteiger partial charge < -0.3 is 11.1 Å². The van der Waals surface area contributed by atoms with Crippen molar-refractivity contribution < 1.29 is 37.0 Å². The first kappa shape index (κ1) is 26.6. The number of amides is 1. The van der Waals surface area contributed by atoms with Gasteiger partial charge in [-0.1, -0.05) is 12.1 Å². The highest BCUT2D eigenvalue weighted by atomic mass is 79.9. The quantitative estimate of drug-likeness (QED) is 0.124. The van der Waals surface area contributed by atoms with Crippen LogP contribution >= 0.6 is 15.9 Å². The molecule has 0 fully saturated rings. The van der Waals surface area contributed by atoms with Crippen LogP contribution in [0.15, 0.2) is 56.6 Å². The van der Waals surface area contributed by atoms with E-state index in [0.29, 0.717) is 17.8 Å². The maximum Gasteiger partial charge on any atom is 0.446 e. The van der Waals surface area contributed by atoms with Crippen LogP contribution in [0, 0.1) is 5.82 Å². The van der Waals surface area contributed by atoms with Crippen molar-refractivity contribution in [1.29, 1.82) is 0 Å². The highest BCUT2D eigenvalue weighted by Crippen LogP contribution is 2.23. The van der Waals surface area contributed by atoms with Gasteiger partial charge in [0, 0.05) is 12.1 Å². The average molecular weight is 547 g/mol. The first-order chi connectivity index (χ1) is 16.1. The Kier molecular flexibility index (Phi) is 9.35. The Morgan fingerprint density at radius 1 is 1.21 bits per heavy atom. The van der Waals surface area contributed by atoms with E-state index in [1.807, 2.05) is 5.48 Å². The highest BCUT2D eigenvalue weighted by molar-refractivity contribution is 9.10. The molecule has 0 saturated heterocycles. The van der Waals surface area contributed by atoms with Crippen LogP contribution in [0.1, 0.15) is 21.6 Å². The van der Waals surface area contributed by atoms with Gasteiger partial charge in [-0.05, 0) is 62.1 Å². The lowest BCUT2D eigenvalue weighted by molar-refractivity contribution is -0.156. The fourth-order valence-electron chi connectivity index (χ4n) is 2.21. The molecule has 0 aliphatic carbocycles. The summed E-state index contributed by atoms with van der Waals surface area (Å²) in [5.41, 5.74) is 8.91. The van der Waals surface area contributed by atoms with E-state index < -0.39 is 24.2 Å². The van der Waals surface area contributed by atoms with Gasteiger partial charge >= 0.3 is 6.18 Å². The molecule has 0 aliphatic heterocycles. The number of aldehydes is 1. The molecule has 1 amide bonds. The van der Waals surface area contributed by atoms with Crippen LogP contribution in [0.2, 0.25) is 0 Å². The maximum absolute atomic E-state index is 13.4. The SMILES string of the molecule is NCc1ccc(C(=O)Nc2nonc2C(=Nc2ccc(F)c(Br)c2)NO)cc1.O=CC(F)(F)F. The number of carbonyl (C=O) groups excluding carboxylic acids is 2. The summed E-state index contributed by atoms with van der Waals surface area (Å²) in [4.78, 5) is 25.2. The molecule has 1 heterocycles. The van der Waals surface area contributed by atoms with Crippen molar-refractivity contribution in [3.8, 4) is 0 Å². The number of nitrogens with one attached hydrogen (secondary N) is 2. The lowest BCUT2D eigenvalue weighted by Gasteiger charge is -2.06. The molecule has 0 bridgehead atoms. The zero-order valence-electron chi connectivity index (χ0n) is 16.8. The molecule has 2 aromatic carbocycles. The number of amidine groups is 1. The number of benzene rings is 2. The Bertz CT molecular complexity index is 1170. The summed E-state index contributed by atoms with van der Waals surface area (Å²) < 4.78 is 49.4. The third kappa shape index (κ3) is 7.72. The molecule has 0 atom stereocenters. The number of nitrogens with two attached hydrogens (primary N) is 1. The fourth-order valence-corrected chi connectivity index (χ4v) is 2.58. The first-order valence-electron chi connectivity index (χ1n) is 8.98. The van der Waals surface area contributed by atoms with Gasteiger partial charge in [0.25, 0.3) is 5.91 Å². The number of hydroxylamine groups is 1. The van der Waals surface area contributed by atoms with Gasteiger partial charge in [0.15, 0.2) is 11.5 Å². The standard InChI is InChI=1S/C17H14BrFN6O3.C2HF3O/c18-12-7-11(5-6-13(12)19)21-15(23-27)14-16(25-28-24-14)22-17(26)10-3-1-9(8-20)2-4-10;3-2(4,5)1-6/h1-7,27H,8,20H2,(H,21,23)(H,22,25,26);1H. The minimum atomic E-state index is -4.64. The van der Waals surface area contributed by atoms with E-state index >= 15 is 0 Å². The molecule has 5 N–H and O–H groups in total. The van der Waals surface area contributed by atoms with Crippen molar-refractivity contribution in [1.82, 2.24) is 15.8 Å². The van der Waals surface area contributed by atoms with Crippen LogP contribution in [-0.2, 0) is 11.3 Å². The van der Waals surface area contributed by atoms with Crippen LogP contribution in [-0.4, -0.2) is 39.7 Å². The number of alkyl halides is 3. The highest BCUT2D eigenvalue weighted by Gasteiger charge is 2.25. The van der Waals surface area contributed by atoms with Crippen LogP contribution in [0.3, 0.4) is 0 Å². The van der Waals surface area contributed by atoms with E-state index in [0.717, 1.165) is 5.56 Å². The third-order valence-electron chi connectivity index (χ3n) is 3.78. The predicted octanol–water partition coefficient (Wildman–Crippen LogP) is 3.49. The minimum absolute atomic E-state index is 0.0464. The van der Waals surface area contributed by atoms with Gasteiger partial charge in [0.05, 0.1) is 10.2 Å². The van der Waals surface area contributed by atoms with Crippen LogP contribution in [0.4, 0.5) is 29.1 Å². The topological polar surface area (TPSA) is 156 Å². The molecule has 0 radical (unpaired) electrons. The second kappa shape index (κ2) is 12.0.